The van der Waals surface area contributed by atoms with Gasteiger partial charge < -0.3 is 19.6 Å². The molecule has 1 aliphatic carbocycles. The first-order valence-corrected chi connectivity index (χ1v) is 16.7. The number of rotatable bonds is 9. The van der Waals surface area contributed by atoms with Crippen LogP contribution in [0.25, 0.3) is 22.2 Å². The Hall–Kier alpha value is -4.44. The Labute approximate surface area is 278 Å². The molecule has 1 aromatic heterocycles. The highest BCUT2D eigenvalue weighted by atomic mass is 19.4. The second kappa shape index (κ2) is 14.8. The van der Waals surface area contributed by atoms with Crippen LogP contribution in [0.1, 0.15) is 65.6 Å². The Balaban J connectivity index is 1.33. The highest BCUT2D eigenvalue weighted by molar-refractivity contribution is 5.90. The van der Waals surface area contributed by atoms with Crippen LogP contribution in [0, 0.1) is 5.92 Å². The molecule has 6 rings (SSSR count). The summed E-state index contributed by atoms with van der Waals surface area (Å²) in [4.78, 5) is 34.2. The van der Waals surface area contributed by atoms with Gasteiger partial charge in [0, 0.05) is 36.3 Å². The van der Waals surface area contributed by atoms with E-state index in [1.54, 1.807) is 29.2 Å². The number of amides is 1. The summed E-state index contributed by atoms with van der Waals surface area (Å²) < 4.78 is 45.5. The van der Waals surface area contributed by atoms with Crippen LogP contribution in [0.2, 0.25) is 0 Å². The van der Waals surface area contributed by atoms with Crippen molar-refractivity contribution in [2.75, 3.05) is 37.7 Å². The number of aromatic nitrogens is 1. The maximum Gasteiger partial charge on any atom is 0.416 e. The summed E-state index contributed by atoms with van der Waals surface area (Å²) in [5, 5.41) is 10.7. The Kier molecular flexibility index (Phi) is 10.3. The lowest BCUT2D eigenvalue weighted by Gasteiger charge is -2.32. The Bertz CT molecular complexity index is 1760. The number of aromatic carboxylic acids is 1. The van der Waals surface area contributed by atoms with Gasteiger partial charge in [0.15, 0.2) is 0 Å². The van der Waals surface area contributed by atoms with Crippen LogP contribution in [0.15, 0.2) is 72.8 Å². The molecule has 1 N–H and O–H groups in total. The number of carboxylic acids is 1. The number of benzene rings is 3. The van der Waals surface area contributed by atoms with Crippen LogP contribution in [0.4, 0.5) is 18.9 Å². The maximum atomic E-state index is 13.6. The average molecular weight is 660 g/mol. The molecule has 3 aromatic carbocycles. The van der Waals surface area contributed by atoms with Crippen molar-refractivity contribution in [1.82, 2.24) is 9.88 Å². The van der Waals surface area contributed by atoms with Crippen LogP contribution in [-0.2, 0) is 28.7 Å². The first kappa shape index (κ1) is 33.5. The molecular formula is C38H40F3N3O4. The Morgan fingerprint density at radius 2 is 1.69 bits per heavy atom. The Morgan fingerprint density at radius 1 is 0.917 bits per heavy atom. The minimum atomic E-state index is -4.45. The molecule has 1 amide bonds. The summed E-state index contributed by atoms with van der Waals surface area (Å²) in [5.41, 5.74) is 3.57. The highest BCUT2D eigenvalue weighted by Crippen LogP contribution is 2.34. The third kappa shape index (κ3) is 8.16. The third-order valence-electron chi connectivity index (χ3n) is 9.46. The highest BCUT2D eigenvalue weighted by Gasteiger charge is 2.30. The number of morpholine rings is 1. The van der Waals surface area contributed by atoms with E-state index >= 15 is 0 Å². The van der Waals surface area contributed by atoms with Gasteiger partial charge in [-0.25, -0.2) is 9.78 Å². The monoisotopic (exact) mass is 659 g/mol. The summed E-state index contributed by atoms with van der Waals surface area (Å²) in [6, 6.07) is 19.7. The standard InChI is InChI=1S/C38H40F3N3O4/c39-38(40,41)32-9-5-8-28(22-32)34-15-13-29-21-27(10-14-33(29)42-34)24-44(25-36(45)43-16-18-48-19-17-43)35-23-31(37(46)47)12-11-30(35)20-26-6-3-1-2-4-7-26/h5,8-15,21-23,26H,1-4,6-7,16-20,24-25H2,(H,46,47). The van der Waals surface area contributed by atoms with Gasteiger partial charge in [0.05, 0.1) is 42.1 Å². The first-order valence-electron chi connectivity index (χ1n) is 16.7. The lowest BCUT2D eigenvalue weighted by atomic mass is 9.90. The molecule has 0 radical (unpaired) electrons. The second-order valence-electron chi connectivity index (χ2n) is 12.9. The van der Waals surface area contributed by atoms with E-state index in [2.05, 4.69) is 4.98 Å². The zero-order valence-electron chi connectivity index (χ0n) is 26.8. The zero-order chi connectivity index (χ0) is 33.7. The van der Waals surface area contributed by atoms with E-state index in [9.17, 15) is 27.9 Å². The topological polar surface area (TPSA) is 83.0 Å². The van der Waals surface area contributed by atoms with Crippen LogP contribution < -0.4 is 4.90 Å². The second-order valence-corrected chi connectivity index (χ2v) is 12.9. The number of halogens is 3. The quantitative estimate of drug-likeness (QED) is 0.184. The van der Waals surface area contributed by atoms with Crippen molar-refractivity contribution < 1.29 is 32.6 Å². The van der Waals surface area contributed by atoms with Crippen molar-refractivity contribution in [2.45, 2.75) is 57.7 Å². The molecule has 1 aliphatic heterocycles. The minimum Gasteiger partial charge on any atom is -0.478 e. The van der Waals surface area contributed by atoms with E-state index in [0.29, 0.717) is 55.5 Å². The van der Waals surface area contributed by atoms with Crippen molar-refractivity contribution in [1.29, 1.82) is 0 Å². The predicted octanol–water partition coefficient (Wildman–Crippen LogP) is 8.00. The van der Waals surface area contributed by atoms with Gasteiger partial charge in [-0.1, -0.05) is 68.9 Å². The molecule has 0 unspecified atom stereocenters. The molecule has 2 fully saturated rings. The fourth-order valence-corrected chi connectivity index (χ4v) is 6.85. The van der Waals surface area contributed by atoms with Crippen molar-refractivity contribution in [3.63, 3.8) is 0 Å². The summed E-state index contributed by atoms with van der Waals surface area (Å²) in [7, 11) is 0. The number of pyridine rings is 1. The van der Waals surface area contributed by atoms with E-state index in [1.165, 1.54) is 31.7 Å². The number of ether oxygens (including phenoxy) is 1. The van der Waals surface area contributed by atoms with Gasteiger partial charge in [0.25, 0.3) is 0 Å². The van der Waals surface area contributed by atoms with Crippen molar-refractivity contribution in [3.05, 3.63) is 95.1 Å². The molecule has 4 aromatic rings. The van der Waals surface area contributed by atoms with Gasteiger partial charge in [0.2, 0.25) is 5.91 Å². The number of carbonyl (C=O) groups is 2. The van der Waals surface area contributed by atoms with E-state index in [1.807, 2.05) is 35.2 Å². The maximum absolute atomic E-state index is 13.6. The van der Waals surface area contributed by atoms with E-state index < -0.39 is 17.7 Å². The largest absolute Gasteiger partial charge is 0.478 e. The number of anilines is 1. The molecule has 1 saturated heterocycles. The van der Waals surface area contributed by atoms with Crippen molar-refractivity contribution in [2.24, 2.45) is 5.92 Å². The molecular weight excluding hydrogens is 619 g/mol. The van der Waals surface area contributed by atoms with Crippen molar-refractivity contribution >= 4 is 28.5 Å². The minimum absolute atomic E-state index is 0.0485. The number of fused-ring (bicyclic) bond motifs is 1. The van der Waals surface area contributed by atoms with E-state index in [-0.39, 0.29) is 18.0 Å². The SMILES string of the molecule is O=C(O)c1ccc(CC2CCCCCC2)c(N(CC(=O)N2CCOCC2)Cc2ccc3nc(-c4cccc(C(F)(F)F)c4)ccc3c2)c1. The number of hydrogen-bond donors (Lipinski definition) is 1. The van der Waals surface area contributed by atoms with Gasteiger partial charge in [-0.2, -0.15) is 13.2 Å². The van der Waals surface area contributed by atoms with Crippen LogP contribution >= 0.6 is 0 Å². The summed E-state index contributed by atoms with van der Waals surface area (Å²) in [5.74, 6) is -0.575. The molecule has 0 spiro atoms. The molecule has 10 heteroatoms. The fourth-order valence-electron chi connectivity index (χ4n) is 6.85. The number of alkyl halides is 3. The van der Waals surface area contributed by atoms with E-state index in [4.69, 9.17) is 4.74 Å². The van der Waals surface area contributed by atoms with Gasteiger partial charge in [-0.05, 0) is 65.9 Å². The molecule has 252 valence electrons. The van der Waals surface area contributed by atoms with Crippen LogP contribution in [0.3, 0.4) is 0 Å². The van der Waals surface area contributed by atoms with Crippen molar-refractivity contribution in [3.8, 4) is 11.3 Å². The molecule has 2 aliphatic rings. The molecule has 0 atom stereocenters. The number of hydrogen-bond acceptors (Lipinski definition) is 5. The summed E-state index contributed by atoms with van der Waals surface area (Å²) in [6.07, 6.45) is 3.48. The predicted molar refractivity (Wildman–Crippen MR) is 179 cm³/mol. The average Bonchev–Trinajstić information content (AvgIpc) is 3.36. The Morgan fingerprint density at radius 3 is 2.42 bits per heavy atom. The smallest absolute Gasteiger partial charge is 0.416 e. The van der Waals surface area contributed by atoms with E-state index in [0.717, 1.165) is 53.6 Å². The number of nitrogens with zero attached hydrogens (tertiary/aromatic N) is 3. The lowest BCUT2D eigenvalue weighted by molar-refractivity contribution is -0.137. The number of carboxylic acid groups (broad SMARTS) is 1. The van der Waals surface area contributed by atoms with Gasteiger partial charge in [-0.15, -0.1) is 0 Å². The van der Waals surface area contributed by atoms with Gasteiger partial charge in [-0.3, -0.25) is 4.79 Å². The molecule has 48 heavy (non-hydrogen) atoms. The third-order valence-corrected chi connectivity index (χ3v) is 9.46. The normalized spacial score (nSPS) is 16.1. The summed E-state index contributed by atoms with van der Waals surface area (Å²) in [6.45, 7) is 2.40. The van der Waals surface area contributed by atoms with Crippen LogP contribution in [-0.4, -0.2) is 59.7 Å². The van der Waals surface area contributed by atoms with Gasteiger partial charge >= 0.3 is 12.1 Å². The fraction of sp³-hybridized carbons (Fsp3) is 0.395. The number of carbonyl (C=O) groups excluding carboxylic acids is 1. The van der Waals surface area contributed by atoms with Gasteiger partial charge in [0.1, 0.15) is 0 Å². The lowest BCUT2D eigenvalue weighted by Crippen LogP contribution is -2.46. The molecule has 0 bridgehead atoms. The zero-order valence-corrected chi connectivity index (χ0v) is 26.8. The summed E-state index contributed by atoms with van der Waals surface area (Å²) >= 11 is 0. The molecule has 7 nitrogen and oxygen atoms in total. The first-order chi connectivity index (χ1) is 23.1. The van der Waals surface area contributed by atoms with Crippen LogP contribution in [0.5, 0.6) is 0 Å². The molecule has 1 saturated carbocycles. The molecule has 2 heterocycles.